The lowest BCUT2D eigenvalue weighted by atomic mass is 9.91. The second kappa shape index (κ2) is 11.4. The van der Waals surface area contributed by atoms with Gasteiger partial charge in [-0.05, 0) is 74.6 Å². The number of hydrogen-bond acceptors (Lipinski definition) is 5. The lowest BCUT2D eigenvalue weighted by molar-refractivity contribution is -0.142. The summed E-state index contributed by atoms with van der Waals surface area (Å²) in [7, 11) is 0. The Kier molecular flexibility index (Phi) is 8.09. The number of rotatable bonds is 11. The number of benzene rings is 2. The van der Waals surface area contributed by atoms with Crippen LogP contribution in [0.1, 0.15) is 35.3 Å². The van der Waals surface area contributed by atoms with E-state index in [9.17, 15) is 19.1 Å². The maximum atomic E-state index is 14.2. The van der Waals surface area contributed by atoms with Crippen LogP contribution in [-0.4, -0.2) is 63.0 Å². The molecule has 0 bridgehead atoms. The lowest BCUT2D eigenvalue weighted by Crippen LogP contribution is -2.41. The van der Waals surface area contributed by atoms with Crippen LogP contribution in [0.15, 0.2) is 48.7 Å². The van der Waals surface area contributed by atoms with Gasteiger partial charge in [-0.2, -0.15) is 15.4 Å². The van der Waals surface area contributed by atoms with Gasteiger partial charge in [0.2, 0.25) is 0 Å². The van der Waals surface area contributed by atoms with Crippen LogP contribution in [0.5, 0.6) is 0 Å². The van der Waals surface area contributed by atoms with Gasteiger partial charge in [0.1, 0.15) is 5.82 Å². The van der Waals surface area contributed by atoms with Gasteiger partial charge in [-0.15, -0.1) is 0 Å². The van der Waals surface area contributed by atoms with Crippen molar-refractivity contribution in [1.82, 2.24) is 25.6 Å². The summed E-state index contributed by atoms with van der Waals surface area (Å²) in [4.78, 5) is 26.8. The van der Waals surface area contributed by atoms with Crippen molar-refractivity contribution in [3.8, 4) is 11.1 Å². The number of amides is 1. The van der Waals surface area contributed by atoms with Crippen LogP contribution in [0.4, 0.5) is 4.39 Å². The molecular weight excluding hydrogens is 473 g/mol. The molecule has 8 nitrogen and oxygen atoms in total. The largest absolute Gasteiger partial charge is 0.481 e. The Bertz CT molecular complexity index is 1150. The number of nitrogens with zero attached hydrogens (tertiary/aromatic N) is 3. The molecule has 2 heterocycles. The molecule has 3 aromatic rings. The first-order valence-electron chi connectivity index (χ1n) is 11.5. The SMILES string of the molecule is O=C(N[C@H](Cc1ccc(-c2cc(Cl)ccc2F)cc1)C[C@@H](CCN1CCC1)C(=O)O)c1cn[nH]n1. The van der Waals surface area contributed by atoms with E-state index >= 15 is 0 Å². The van der Waals surface area contributed by atoms with E-state index in [1.807, 2.05) is 12.1 Å². The molecule has 1 aliphatic rings. The van der Waals surface area contributed by atoms with Gasteiger partial charge in [0.25, 0.3) is 5.91 Å². The zero-order valence-electron chi connectivity index (χ0n) is 19.1. The third-order valence-corrected chi connectivity index (χ3v) is 6.55. The molecule has 1 aliphatic heterocycles. The minimum absolute atomic E-state index is 0.134. The van der Waals surface area contributed by atoms with E-state index in [1.54, 1.807) is 18.2 Å². The zero-order chi connectivity index (χ0) is 24.8. The number of carbonyl (C=O) groups excluding carboxylic acids is 1. The van der Waals surface area contributed by atoms with Crippen LogP contribution in [0.2, 0.25) is 5.02 Å². The maximum Gasteiger partial charge on any atom is 0.306 e. The number of hydrogen-bond donors (Lipinski definition) is 3. The van der Waals surface area contributed by atoms with Gasteiger partial charge in [-0.25, -0.2) is 4.39 Å². The molecule has 0 spiro atoms. The second-order valence-corrected chi connectivity index (χ2v) is 9.24. The van der Waals surface area contributed by atoms with Crippen molar-refractivity contribution in [3.63, 3.8) is 0 Å². The Hall–Kier alpha value is -3.30. The number of aromatic amines is 1. The normalized spacial score (nSPS) is 15.3. The standard InChI is InChI=1S/C25H27ClFN5O3/c26-19-6-7-22(27)21(14-19)17-4-2-16(3-5-17)12-20(29-24(33)23-15-28-31-30-23)13-18(25(34)35)8-11-32-9-1-10-32/h2-7,14-15,18,20H,1,8-13H2,(H,29,33)(H,34,35)(H,28,30,31)/t18-,20-/m1/s1. The van der Waals surface area contributed by atoms with Crippen LogP contribution >= 0.6 is 11.6 Å². The van der Waals surface area contributed by atoms with E-state index in [-0.39, 0.29) is 17.9 Å². The fraction of sp³-hybridized carbons (Fsp3) is 0.360. The molecule has 1 aromatic heterocycles. The molecule has 1 saturated heterocycles. The first-order chi connectivity index (χ1) is 16.9. The van der Waals surface area contributed by atoms with Gasteiger partial charge in [0.15, 0.2) is 5.69 Å². The average Bonchev–Trinajstić information content (AvgIpc) is 3.34. The predicted molar refractivity (Wildman–Crippen MR) is 130 cm³/mol. The highest BCUT2D eigenvalue weighted by atomic mass is 35.5. The van der Waals surface area contributed by atoms with Crippen LogP contribution in [0.25, 0.3) is 11.1 Å². The summed E-state index contributed by atoms with van der Waals surface area (Å²) in [5.74, 6) is -2.27. The lowest BCUT2D eigenvalue weighted by Gasteiger charge is -2.32. The van der Waals surface area contributed by atoms with E-state index in [0.717, 1.165) is 31.6 Å². The van der Waals surface area contributed by atoms with E-state index < -0.39 is 23.8 Å². The van der Waals surface area contributed by atoms with Crippen LogP contribution in [0, 0.1) is 11.7 Å². The van der Waals surface area contributed by atoms with E-state index in [4.69, 9.17) is 11.6 Å². The molecule has 0 unspecified atom stereocenters. The number of aliphatic carboxylic acids is 1. The minimum Gasteiger partial charge on any atom is -0.481 e. The van der Waals surface area contributed by atoms with Crippen LogP contribution in [-0.2, 0) is 11.2 Å². The average molecular weight is 500 g/mol. The Morgan fingerprint density at radius 1 is 1.20 bits per heavy atom. The van der Waals surface area contributed by atoms with Crippen molar-refractivity contribution >= 4 is 23.5 Å². The topological polar surface area (TPSA) is 111 Å². The molecule has 0 radical (unpaired) electrons. The monoisotopic (exact) mass is 499 g/mol. The fourth-order valence-electron chi connectivity index (χ4n) is 4.22. The molecule has 10 heteroatoms. The second-order valence-electron chi connectivity index (χ2n) is 8.81. The Balaban J connectivity index is 1.49. The summed E-state index contributed by atoms with van der Waals surface area (Å²) in [6.45, 7) is 2.72. The minimum atomic E-state index is -0.877. The van der Waals surface area contributed by atoms with E-state index in [2.05, 4.69) is 25.6 Å². The molecule has 0 aliphatic carbocycles. The molecule has 3 N–H and O–H groups in total. The van der Waals surface area contributed by atoms with Crippen molar-refractivity contribution in [2.75, 3.05) is 19.6 Å². The first-order valence-corrected chi connectivity index (χ1v) is 11.9. The molecule has 4 rings (SSSR count). The number of carbonyl (C=O) groups is 2. The molecule has 1 amide bonds. The van der Waals surface area contributed by atoms with Gasteiger partial charge in [-0.1, -0.05) is 35.9 Å². The number of likely N-dealkylation sites (tertiary alicyclic amines) is 1. The highest BCUT2D eigenvalue weighted by Gasteiger charge is 2.26. The Labute approximate surface area is 207 Å². The number of halogens is 2. The summed E-state index contributed by atoms with van der Waals surface area (Å²) >= 11 is 6.02. The summed E-state index contributed by atoms with van der Waals surface area (Å²) < 4.78 is 14.2. The number of H-pyrrole nitrogens is 1. The third-order valence-electron chi connectivity index (χ3n) is 6.32. The first kappa shape index (κ1) is 24.8. The smallest absolute Gasteiger partial charge is 0.306 e. The van der Waals surface area contributed by atoms with Gasteiger partial charge in [0, 0.05) is 16.6 Å². The van der Waals surface area contributed by atoms with Crippen molar-refractivity contribution < 1.29 is 19.1 Å². The van der Waals surface area contributed by atoms with Crippen molar-refractivity contribution in [3.05, 3.63) is 70.8 Å². The summed E-state index contributed by atoms with van der Waals surface area (Å²) in [6.07, 6.45) is 3.66. The highest BCUT2D eigenvalue weighted by Crippen LogP contribution is 2.27. The van der Waals surface area contributed by atoms with Crippen molar-refractivity contribution in [2.45, 2.75) is 31.7 Å². The van der Waals surface area contributed by atoms with Gasteiger partial charge in [0.05, 0.1) is 12.1 Å². The summed E-state index contributed by atoms with van der Waals surface area (Å²) in [5, 5.41) is 23.1. The molecule has 2 atom stereocenters. The van der Waals surface area contributed by atoms with Gasteiger partial charge < -0.3 is 15.3 Å². The Morgan fingerprint density at radius 3 is 2.60 bits per heavy atom. The van der Waals surface area contributed by atoms with Gasteiger partial charge >= 0.3 is 5.97 Å². The van der Waals surface area contributed by atoms with Crippen LogP contribution in [0.3, 0.4) is 0 Å². The number of carboxylic acids is 1. The van der Waals surface area contributed by atoms with Crippen molar-refractivity contribution in [1.29, 1.82) is 0 Å². The fourth-order valence-corrected chi connectivity index (χ4v) is 4.39. The Morgan fingerprint density at radius 2 is 1.97 bits per heavy atom. The van der Waals surface area contributed by atoms with Crippen molar-refractivity contribution in [2.24, 2.45) is 5.92 Å². The zero-order valence-corrected chi connectivity index (χ0v) is 19.8. The predicted octanol–water partition coefficient (Wildman–Crippen LogP) is 3.79. The summed E-state index contributed by atoms with van der Waals surface area (Å²) in [5.41, 5.74) is 2.09. The number of aromatic nitrogens is 3. The molecular formula is C25H27ClFN5O3. The van der Waals surface area contributed by atoms with E-state index in [1.165, 1.54) is 18.3 Å². The third kappa shape index (κ3) is 6.64. The number of nitrogens with one attached hydrogen (secondary N) is 2. The quantitative estimate of drug-likeness (QED) is 0.370. The molecule has 1 fully saturated rings. The summed E-state index contributed by atoms with van der Waals surface area (Å²) in [6, 6.07) is 11.2. The number of carboxylic acid groups (broad SMARTS) is 1. The maximum absolute atomic E-state index is 14.2. The molecule has 2 aromatic carbocycles. The molecule has 35 heavy (non-hydrogen) atoms. The van der Waals surface area contributed by atoms with E-state index in [0.29, 0.717) is 29.0 Å². The van der Waals surface area contributed by atoms with Gasteiger partial charge in [-0.3, -0.25) is 9.59 Å². The molecule has 184 valence electrons. The highest BCUT2D eigenvalue weighted by molar-refractivity contribution is 6.30. The molecule has 0 saturated carbocycles. The van der Waals surface area contributed by atoms with Crippen LogP contribution < -0.4 is 5.32 Å².